The largest absolute Gasteiger partial charge is 0.496 e. The molecule has 2 heterocycles. The maximum Gasteiger partial charge on any atom is 0.261 e. The van der Waals surface area contributed by atoms with Crippen LogP contribution in [0, 0.1) is 5.82 Å². The van der Waals surface area contributed by atoms with Crippen molar-refractivity contribution >= 4 is 51.3 Å². The van der Waals surface area contributed by atoms with Crippen molar-refractivity contribution in [1.82, 2.24) is 15.1 Å². The Morgan fingerprint density at radius 3 is 2.68 bits per heavy atom. The number of hydrogen-bond acceptors (Lipinski definition) is 6. The molecule has 2 aliphatic heterocycles. The van der Waals surface area contributed by atoms with Gasteiger partial charge in [-0.05, 0) is 77.6 Å². The highest BCUT2D eigenvalue weighted by molar-refractivity contribution is 9.10. The van der Waals surface area contributed by atoms with E-state index in [1.165, 1.54) is 6.07 Å². The molecule has 5 rings (SSSR count). The molecule has 220 valence electrons. The minimum Gasteiger partial charge on any atom is -0.496 e. The summed E-state index contributed by atoms with van der Waals surface area (Å²) in [6.45, 7) is 4.84. The van der Waals surface area contributed by atoms with Crippen LogP contribution < -0.4 is 15.0 Å². The molecule has 2 atom stereocenters. The highest BCUT2D eigenvalue weighted by Gasteiger charge is 2.41. The molecule has 2 unspecified atom stereocenters. The highest BCUT2D eigenvalue weighted by Crippen LogP contribution is 2.42. The number of para-hydroxylation sites is 1. The number of anilines is 1. The number of halogens is 2. The third kappa shape index (κ3) is 7.45. The van der Waals surface area contributed by atoms with E-state index in [9.17, 15) is 14.0 Å². The fourth-order valence-corrected chi connectivity index (χ4v) is 7.98. The maximum absolute atomic E-state index is 14.1. The first kappa shape index (κ1) is 29.9. The number of hydrogen-bond donors (Lipinski definition) is 1. The number of rotatable bonds is 9. The Balaban J connectivity index is 1.12. The first-order chi connectivity index (χ1) is 19.9. The molecule has 7 nitrogen and oxygen atoms in total. The average molecular weight is 646 g/mol. The van der Waals surface area contributed by atoms with Gasteiger partial charge in [-0.3, -0.25) is 14.5 Å². The Labute approximate surface area is 254 Å². The average Bonchev–Trinajstić information content (AvgIpc) is 2.98. The van der Waals surface area contributed by atoms with Crippen LogP contribution in [0.15, 0.2) is 51.8 Å². The summed E-state index contributed by atoms with van der Waals surface area (Å²) < 4.78 is 20.3. The minimum atomic E-state index is -0.176. The molecule has 0 spiro atoms. The Hall–Kier alpha value is -2.56. The second-order valence-electron chi connectivity index (χ2n) is 10.8. The standard InChI is InChI=1S/C31H38BrFN4O3S/c1-40-27-12-11-22(19-23(27)32)20-29-31(39)37(26-9-4-5-10-28(26)41-29)21-30(38)34-13-6-14-35-15-17-36(18-16-35)25-8-3-2-7-24(25)33/h2-3,7-8,11-12,19-20,26,28H,4-6,9-10,13-18,21H2,1H3,(H,34,38)/b29-20+. The van der Waals surface area contributed by atoms with Crippen LogP contribution in [0.25, 0.3) is 6.08 Å². The number of ether oxygens (including phenoxy) is 1. The lowest BCUT2D eigenvalue weighted by Crippen LogP contribution is -2.54. The minimum absolute atomic E-state index is 0.0621. The zero-order valence-corrected chi connectivity index (χ0v) is 25.9. The summed E-state index contributed by atoms with van der Waals surface area (Å²) in [6, 6.07) is 12.8. The van der Waals surface area contributed by atoms with Crippen molar-refractivity contribution in [3.8, 4) is 5.75 Å². The van der Waals surface area contributed by atoms with Gasteiger partial charge in [0.1, 0.15) is 18.1 Å². The predicted molar refractivity (Wildman–Crippen MR) is 167 cm³/mol. The van der Waals surface area contributed by atoms with Crippen LogP contribution in [0.2, 0.25) is 0 Å². The molecule has 2 saturated heterocycles. The molecule has 2 aromatic carbocycles. The van der Waals surface area contributed by atoms with E-state index < -0.39 is 0 Å². The van der Waals surface area contributed by atoms with Crippen LogP contribution in [0.5, 0.6) is 5.75 Å². The molecule has 3 fully saturated rings. The fourth-order valence-electron chi connectivity index (χ4n) is 5.95. The lowest BCUT2D eigenvalue weighted by molar-refractivity contribution is -0.135. The van der Waals surface area contributed by atoms with E-state index in [0.717, 1.165) is 80.6 Å². The zero-order chi connectivity index (χ0) is 28.8. The van der Waals surface area contributed by atoms with Crippen molar-refractivity contribution in [3.63, 3.8) is 0 Å². The van der Waals surface area contributed by atoms with Crippen molar-refractivity contribution in [3.05, 3.63) is 63.2 Å². The molecule has 1 saturated carbocycles. The van der Waals surface area contributed by atoms with Crippen molar-refractivity contribution in [2.45, 2.75) is 43.4 Å². The summed E-state index contributed by atoms with van der Waals surface area (Å²) in [5.74, 6) is 0.397. The van der Waals surface area contributed by atoms with E-state index in [0.29, 0.717) is 22.4 Å². The molecule has 2 amide bonds. The van der Waals surface area contributed by atoms with E-state index >= 15 is 0 Å². The normalized spacial score (nSPS) is 22.5. The van der Waals surface area contributed by atoms with E-state index in [-0.39, 0.29) is 30.2 Å². The molecular formula is C31H38BrFN4O3S. The SMILES string of the molecule is COc1ccc(/C=C2/SC3CCCCC3N(CC(=O)NCCCN3CCN(c4ccccc4F)CC3)C2=O)cc1Br. The quantitative estimate of drug-likeness (QED) is 0.301. The molecule has 0 aromatic heterocycles. The van der Waals surface area contributed by atoms with E-state index in [1.807, 2.05) is 41.3 Å². The smallest absolute Gasteiger partial charge is 0.261 e. The van der Waals surface area contributed by atoms with E-state index in [2.05, 4.69) is 31.0 Å². The lowest BCUT2D eigenvalue weighted by Gasteiger charge is -2.43. The summed E-state index contributed by atoms with van der Waals surface area (Å²) in [7, 11) is 1.63. The van der Waals surface area contributed by atoms with E-state index in [4.69, 9.17) is 4.74 Å². The van der Waals surface area contributed by atoms with Gasteiger partial charge in [0.2, 0.25) is 5.91 Å². The number of nitrogens with one attached hydrogen (secondary N) is 1. The Morgan fingerprint density at radius 2 is 1.93 bits per heavy atom. The highest BCUT2D eigenvalue weighted by atomic mass is 79.9. The van der Waals surface area contributed by atoms with Gasteiger partial charge in [0.15, 0.2) is 0 Å². The van der Waals surface area contributed by atoms with Crippen LogP contribution >= 0.6 is 27.7 Å². The Kier molecular flexibility index (Phi) is 10.3. The van der Waals surface area contributed by atoms with Gasteiger partial charge in [0.05, 0.1) is 22.2 Å². The molecule has 10 heteroatoms. The van der Waals surface area contributed by atoms with Gasteiger partial charge in [-0.15, -0.1) is 11.8 Å². The molecular weight excluding hydrogens is 607 g/mol. The summed E-state index contributed by atoms with van der Waals surface area (Å²) in [4.78, 5) is 33.5. The summed E-state index contributed by atoms with van der Waals surface area (Å²) in [5, 5.41) is 3.36. The van der Waals surface area contributed by atoms with Gasteiger partial charge in [0.25, 0.3) is 5.91 Å². The Morgan fingerprint density at radius 1 is 1.15 bits per heavy atom. The van der Waals surface area contributed by atoms with Crippen molar-refractivity contribution < 1.29 is 18.7 Å². The zero-order valence-electron chi connectivity index (χ0n) is 23.5. The van der Waals surface area contributed by atoms with Gasteiger partial charge < -0.3 is 19.9 Å². The lowest BCUT2D eigenvalue weighted by atomic mass is 9.93. The van der Waals surface area contributed by atoms with Gasteiger partial charge in [-0.1, -0.05) is 31.0 Å². The fraction of sp³-hybridized carbons (Fsp3) is 0.484. The summed E-state index contributed by atoms with van der Waals surface area (Å²) in [6.07, 6.45) is 6.99. The third-order valence-electron chi connectivity index (χ3n) is 8.14. The topological polar surface area (TPSA) is 65.1 Å². The second kappa shape index (κ2) is 14.1. The first-order valence-electron chi connectivity index (χ1n) is 14.4. The molecule has 3 aliphatic rings. The van der Waals surface area contributed by atoms with Crippen LogP contribution in [-0.4, -0.2) is 85.8 Å². The molecule has 41 heavy (non-hydrogen) atoms. The number of piperazine rings is 1. The number of fused-ring (bicyclic) bond motifs is 1. The van der Waals surface area contributed by atoms with Crippen LogP contribution in [0.4, 0.5) is 10.1 Å². The molecule has 2 aromatic rings. The number of nitrogens with zero attached hydrogens (tertiary/aromatic N) is 3. The number of thioether (sulfide) groups is 1. The number of methoxy groups -OCH3 is 1. The van der Waals surface area contributed by atoms with Crippen molar-refractivity contribution in [2.75, 3.05) is 57.8 Å². The van der Waals surface area contributed by atoms with Crippen LogP contribution in [0.3, 0.4) is 0 Å². The summed E-state index contributed by atoms with van der Waals surface area (Å²) in [5.41, 5.74) is 1.59. The first-order valence-corrected chi connectivity index (χ1v) is 16.1. The molecule has 0 bridgehead atoms. The van der Waals surface area contributed by atoms with Gasteiger partial charge in [-0.2, -0.15) is 0 Å². The summed E-state index contributed by atoms with van der Waals surface area (Å²) >= 11 is 5.19. The number of amides is 2. The molecule has 0 radical (unpaired) electrons. The van der Waals surface area contributed by atoms with Crippen molar-refractivity contribution in [2.24, 2.45) is 0 Å². The monoisotopic (exact) mass is 644 g/mol. The number of benzene rings is 2. The molecule has 1 aliphatic carbocycles. The van der Waals surface area contributed by atoms with Crippen LogP contribution in [-0.2, 0) is 9.59 Å². The van der Waals surface area contributed by atoms with Gasteiger partial charge >= 0.3 is 0 Å². The number of carbonyl (C=O) groups excluding carboxylic acids is 2. The predicted octanol–water partition coefficient (Wildman–Crippen LogP) is 5.15. The van der Waals surface area contributed by atoms with Crippen LogP contribution in [0.1, 0.15) is 37.7 Å². The van der Waals surface area contributed by atoms with E-state index in [1.54, 1.807) is 24.9 Å². The Bertz CT molecular complexity index is 1270. The maximum atomic E-state index is 14.1. The third-order valence-corrected chi connectivity index (χ3v) is 10.2. The van der Waals surface area contributed by atoms with Crippen molar-refractivity contribution in [1.29, 1.82) is 0 Å². The van der Waals surface area contributed by atoms with Gasteiger partial charge in [-0.25, -0.2) is 4.39 Å². The van der Waals surface area contributed by atoms with Gasteiger partial charge in [0, 0.05) is 44.0 Å². The number of carbonyl (C=O) groups is 2. The molecule has 1 N–H and O–H groups in total. The second-order valence-corrected chi connectivity index (χ2v) is 13.0.